The van der Waals surface area contributed by atoms with Crippen molar-refractivity contribution in [2.45, 2.75) is 37.2 Å². The van der Waals surface area contributed by atoms with E-state index in [1.54, 1.807) is 19.1 Å². The van der Waals surface area contributed by atoms with Crippen LogP contribution in [0.4, 0.5) is 4.39 Å². The molecule has 1 N–H and O–H groups in total. The Bertz CT molecular complexity index is 958. The molecule has 0 radical (unpaired) electrons. The van der Waals surface area contributed by atoms with Crippen LogP contribution in [0.1, 0.15) is 26.2 Å². The maximum Gasteiger partial charge on any atom is 0.260 e. The zero-order chi connectivity index (χ0) is 22.3. The Morgan fingerprint density at radius 1 is 1.03 bits per heavy atom. The highest BCUT2D eigenvalue weighted by molar-refractivity contribution is 7.89. The maximum absolute atomic E-state index is 12.9. The topological polar surface area (TPSA) is 84.9 Å². The largest absolute Gasteiger partial charge is 0.492 e. The molecule has 0 saturated carbocycles. The van der Waals surface area contributed by atoms with Crippen molar-refractivity contribution in [2.24, 2.45) is 0 Å². The Morgan fingerprint density at radius 3 is 2.29 bits per heavy atom. The number of rotatable bonds is 9. The summed E-state index contributed by atoms with van der Waals surface area (Å²) in [7, 11) is -3.47. The van der Waals surface area contributed by atoms with Crippen LogP contribution in [0.25, 0.3) is 0 Å². The summed E-state index contributed by atoms with van der Waals surface area (Å²) < 4.78 is 50.8. The molecule has 31 heavy (non-hydrogen) atoms. The maximum atomic E-state index is 12.9. The molecule has 1 aliphatic heterocycles. The zero-order valence-corrected chi connectivity index (χ0v) is 18.2. The molecule has 1 fully saturated rings. The molecule has 1 saturated heterocycles. The number of piperidine rings is 1. The van der Waals surface area contributed by atoms with Gasteiger partial charge in [-0.15, -0.1) is 0 Å². The lowest BCUT2D eigenvalue weighted by atomic mass is 10.2. The van der Waals surface area contributed by atoms with Gasteiger partial charge in [0.2, 0.25) is 10.0 Å². The summed E-state index contributed by atoms with van der Waals surface area (Å²) in [5.41, 5.74) is 0. The van der Waals surface area contributed by atoms with Gasteiger partial charge in [0.05, 0.1) is 11.4 Å². The average Bonchev–Trinajstić information content (AvgIpc) is 2.79. The summed E-state index contributed by atoms with van der Waals surface area (Å²) in [5.74, 6) is 0.219. The first kappa shape index (κ1) is 23.0. The van der Waals surface area contributed by atoms with Crippen molar-refractivity contribution in [3.63, 3.8) is 0 Å². The Balaban J connectivity index is 1.42. The Kier molecular flexibility index (Phi) is 7.86. The molecule has 0 bridgehead atoms. The van der Waals surface area contributed by atoms with Gasteiger partial charge in [-0.25, -0.2) is 12.8 Å². The first-order chi connectivity index (χ1) is 14.9. The van der Waals surface area contributed by atoms with E-state index >= 15 is 0 Å². The van der Waals surface area contributed by atoms with Gasteiger partial charge in [-0.2, -0.15) is 4.31 Å². The minimum absolute atomic E-state index is 0.216. The fourth-order valence-corrected chi connectivity index (χ4v) is 4.74. The average molecular weight is 451 g/mol. The summed E-state index contributed by atoms with van der Waals surface area (Å²) in [6, 6.07) is 11.7. The molecular weight excluding hydrogens is 423 g/mol. The summed E-state index contributed by atoms with van der Waals surface area (Å²) in [6.07, 6.45) is 2.09. The van der Waals surface area contributed by atoms with Crippen LogP contribution in [-0.4, -0.2) is 51.0 Å². The van der Waals surface area contributed by atoms with E-state index in [1.807, 2.05) is 0 Å². The SMILES string of the molecule is C[C@H](Oc1ccc(F)cc1)C(=O)NCCOc1ccc(S(=O)(=O)N2CCCCC2)cc1. The molecule has 1 heterocycles. The Morgan fingerprint density at radius 2 is 1.65 bits per heavy atom. The molecular formula is C22H27FN2O5S. The highest BCUT2D eigenvalue weighted by Crippen LogP contribution is 2.22. The molecule has 1 amide bonds. The molecule has 168 valence electrons. The number of sulfonamides is 1. The third-order valence-corrected chi connectivity index (χ3v) is 6.86. The molecule has 3 rings (SSSR count). The van der Waals surface area contributed by atoms with E-state index in [9.17, 15) is 17.6 Å². The van der Waals surface area contributed by atoms with Crippen LogP contribution >= 0.6 is 0 Å². The van der Waals surface area contributed by atoms with E-state index in [2.05, 4.69) is 5.32 Å². The van der Waals surface area contributed by atoms with Crippen LogP contribution in [0.15, 0.2) is 53.4 Å². The van der Waals surface area contributed by atoms with E-state index in [0.29, 0.717) is 24.6 Å². The zero-order valence-electron chi connectivity index (χ0n) is 17.4. The second kappa shape index (κ2) is 10.6. The lowest BCUT2D eigenvalue weighted by Crippen LogP contribution is -2.38. The van der Waals surface area contributed by atoms with Crippen LogP contribution < -0.4 is 14.8 Å². The van der Waals surface area contributed by atoms with Crippen LogP contribution in [0.5, 0.6) is 11.5 Å². The fraction of sp³-hybridized carbons (Fsp3) is 0.409. The van der Waals surface area contributed by atoms with Crippen molar-refractivity contribution in [1.82, 2.24) is 9.62 Å². The number of ether oxygens (including phenoxy) is 2. The normalized spacial score (nSPS) is 15.8. The predicted molar refractivity (Wildman–Crippen MR) is 114 cm³/mol. The van der Waals surface area contributed by atoms with Gasteiger partial charge in [-0.05, 0) is 68.3 Å². The van der Waals surface area contributed by atoms with Crippen LogP contribution in [0.2, 0.25) is 0 Å². The third-order valence-electron chi connectivity index (χ3n) is 4.94. The number of hydrogen-bond donors (Lipinski definition) is 1. The number of nitrogens with zero attached hydrogens (tertiary/aromatic N) is 1. The first-order valence-electron chi connectivity index (χ1n) is 10.3. The van der Waals surface area contributed by atoms with Crippen molar-refractivity contribution in [1.29, 1.82) is 0 Å². The van der Waals surface area contributed by atoms with Crippen molar-refractivity contribution < 1.29 is 27.1 Å². The third kappa shape index (κ3) is 6.41. The Hall–Kier alpha value is -2.65. The van der Waals surface area contributed by atoms with Gasteiger partial charge in [0.25, 0.3) is 5.91 Å². The quantitative estimate of drug-likeness (QED) is 0.594. The number of carbonyl (C=O) groups is 1. The van der Waals surface area contributed by atoms with Gasteiger partial charge >= 0.3 is 0 Å². The summed E-state index contributed by atoms with van der Waals surface area (Å²) in [4.78, 5) is 12.3. The predicted octanol–water partition coefficient (Wildman–Crippen LogP) is 2.96. The summed E-state index contributed by atoms with van der Waals surface area (Å²) in [5, 5.41) is 2.70. The minimum atomic E-state index is -3.47. The molecule has 0 aliphatic carbocycles. The fourth-order valence-electron chi connectivity index (χ4n) is 3.22. The van der Waals surface area contributed by atoms with Crippen molar-refractivity contribution in [3.8, 4) is 11.5 Å². The lowest BCUT2D eigenvalue weighted by Gasteiger charge is -2.25. The smallest absolute Gasteiger partial charge is 0.260 e. The lowest BCUT2D eigenvalue weighted by molar-refractivity contribution is -0.127. The number of carbonyl (C=O) groups excluding carboxylic acids is 1. The van der Waals surface area contributed by atoms with Crippen LogP contribution in [-0.2, 0) is 14.8 Å². The number of benzene rings is 2. The Labute approximate surface area is 182 Å². The van der Waals surface area contributed by atoms with Crippen molar-refractivity contribution in [3.05, 3.63) is 54.3 Å². The standard InChI is InChI=1S/C22H27FN2O5S/c1-17(30-20-7-5-18(23)6-8-20)22(26)24-13-16-29-19-9-11-21(12-10-19)31(27,28)25-14-3-2-4-15-25/h5-12,17H,2-4,13-16H2,1H3,(H,24,26)/t17-/m0/s1. The highest BCUT2D eigenvalue weighted by atomic mass is 32.2. The summed E-state index contributed by atoms with van der Waals surface area (Å²) >= 11 is 0. The molecule has 1 aliphatic rings. The molecule has 0 aromatic heterocycles. The second-order valence-corrected chi connectivity index (χ2v) is 9.23. The molecule has 7 nitrogen and oxygen atoms in total. The monoisotopic (exact) mass is 450 g/mol. The summed E-state index contributed by atoms with van der Waals surface area (Å²) in [6.45, 7) is 3.19. The number of nitrogens with one attached hydrogen (secondary N) is 1. The van der Waals surface area contributed by atoms with Crippen LogP contribution in [0.3, 0.4) is 0 Å². The van der Waals surface area contributed by atoms with Gasteiger partial charge in [-0.3, -0.25) is 4.79 Å². The highest BCUT2D eigenvalue weighted by Gasteiger charge is 2.25. The van der Waals surface area contributed by atoms with Gasteiger partial charge in [0, 0.05) is 13.1 Å². The number of hydrogen-bond acceptors (Lipinski definition) is 5. The van der Waals surface area contributed by atoms with E-state index in [-0.39, 0.29) is 29.8 Å². The molecule has 0 spiro atoms. The molecule has 2 aromatic rings. The van der Waals surface area contributed by atoms with E-state index in [4.69, 9.17) is 9.47 Å². The van der Waals surface area contributed by atoms with Gasteiger partial charge in [0.1, 0.15) is 23.9 Å². The number of amides is 1. The molecule has 9 heteroatoms. The minimum Gasteiger partial charge on any atom is -0.492 e. The molecule has 1 atom stereocenters. The number of halogens is 1. The van der Waals surface area contributed by atoms with E-state index in [0.717, 1.165) is 19.3 Å². The van der Waals surface area contributed by atoms with Crippen molar-refractivity contribution in [2.75, 3.05) is 26.2 Å². The molecule has 2 aromatic carbocycles. The van der Waals surface area contributed by atoms with Gasteiger partial charge < -0.3 is 14.8 Å². The van der Waals surface area contributed by atoms with Gasteiger partial charge in [-0.1, -0.05) is 6.42 Å². The van der Waals surface area contributed by atoms with Crippen molar-refractivity contribution >= 4 is 15.9 Å². The van der Waals surface area contributed by atoms with E-state index in [1.165, 1.54) is 40.7 Å². The van der Waals surface area contributed by atoms with Crippen LogP contribution in [0, 0.1) is 5.82 Å². The van der Waals surface area contributed by atoms with Gasteiger partial charge in [0.15, 0.2) is 6.10 Å². The first-order valence-corrected chi connectivity index (χ1v) is 11.7. The second-order valence-electron chi connectivity index (χ2n) is 7.29. The molecule has 0 unspecified atom stereocenters. The van der Waals surface area contributed by atoms with E-state index < -0.39 is 16.1 Å².